The van der Waals surface area contributed by atoms with Gasteiger partial charge in [0.2, 0.25) is 0 Å². The van der Waals surface area contributed by atoms with E-state index in [-0.39, 0.29) is 5.91 Å². The molecule has 3 N–H and O–H groups in total. The van der Waals surface area contributed by atoms with Gasteiger partial charge in [0.05, 0.1) is 18.7 Å². The fourth-order valence-corrected chi connectivity index (χ4v) is 1.83. The van der Waals surface area contributed by atoms with Gasteiger partial charge in [0.15, 0.2) is 0 Å². The van der Waals surface area contributed by atoms with Crippen LogP contribution in [-0.2, 0) is 6.54 Å². The zero-order valence-electron chi connectivity index (χ0n) is 9.91. The van der Waals surface area contributed by atoms with E-state index >= 15 is 0 Å². The molecule has 0 saturated heterocycles. The highest BCUT2D eigenvalue weighted by Gasteiger charge is 2.20. The van der Waals surface area contributed by atoms with E-state index in [1.54, 1.807) is 13.1 Å². The Morgan fingerprint density at radius 2 is 2.35 bits per heavy atom. The van der Waals surface area contributed by atoms with E-state index in [1.807, 2.05) is 13.0 Å². The van der Waals surface area contributed by atoms with Gasteiger partial charge in [-0.3, -0.25) is 9.79 Å². The zero-order chi connectivity index (χ0) is 12.4. The van der Waals surface area contributed by atoms with Crippen LogP contribution in [0.3, 0.4) is 0 Å². The minimum absolute atomic E-state index is 0.184. The molecule has 1 aliphatic rings. The first-order valence-electron chi connectivity index (χ1n) is 5.49. The molecule has 1 aromatic rings. The number of hydrogen-bond acceptors (Lipinski definition) is 4. The van der Waals surface area contributed by atoms with Crippen molar-refractivity contribution >= 4 is 11.7 Å². The Morgan fingerprint density at radius 3 is 3.00 bits per heavy atom. The van der Waals surface area contributed by atoms with Crippen LogP contribution in [0.2, 0.25) is 0 Å². The molecular formula is C12H15N3O2. The van der Waals surface area contributed by atoms with Gasteiger partial charge >= 0.3 is 0 Å². The van der Waals surface area contributed by atoms with Crippen LogP contribution in [0, 0.1) is 0 Å². The second-order valence-electron chi connectivity index (χ2n) is 3.72. The van der Waals surface area contributed by atoms with Crippen LogP contribution in [0.4, 0.5) is 0 Å². The fraction of sp³-hybridized carbons (Fsp3) is 0.333. The van der Waals surface area contributed by atoms with Crippen LogP contribution in [0.25, 0.3) is 0 Å². The van der Waals surface area contributed by atoms with Crippen molar-refractivity contribution in [3.05, 3.63) is 28.8 Å². The molecule has 5 heteroatoms. The second-order valence-corrected chi connectivity index (χ2v) is 3.72. The Morgan fingerprint density at radius 1 is 1.59 bits per heavy atom. The van der Waals surface area contributed by atoms with Crippen LogP contribution in [0.15, 0.2) is 17.1 Å². The molecule has 0 unspecified atom stereocenters. The summed E-state index contributed by atoms with van der Waals surface area (Å²) in [4.78, 5) is 15.9. The van der Waals surface area contributed by atoms with Gasteiger partial charge < -0.3 is 15.8 Å². The van der Waals surface area contributed by atoms with E-state index in [1.165, 1.54) is 0 Å². The summed E-state index contributed by atoms with van der Waals surface area (Å²) in [6, 6.07) is 3.58. The maximum absolute atomic E-state index is 11.7. The monoisotopic (exact) mass is 233 g/mol. The molecule has 1 amide bonds. The van der Waals surface area contributed by atoms with E-state index in [9.17, 15) is 4.79 Å². The molecule has 1 aliphatic heterocycles. The third-order valence-electron chi connectivity index (χ3n) is 2.67. The molecule has 90 valence electrons. The van der Waals surface area contributed by atoms with Crippen molar-refractivity contribution in [2.24, 2.45) is 10.7 Å². The summed E-state index contributed by atoms with van der Waals surface area (Å²) >= 11 is 0. The quantitative estimate of drug-likeness (QED) is 0.805. The standard InChI is InChI=1S/C12H15N3O2/c1-3-17-10-4-7-6-15-11(13)8(7)5-9(10)12(16)14-2/h4-5H,3,6H2,1-2H3,(H2,13,15)(H,14,16). The molecule has 1 heterocycles. The Labute approximate surface area is 99.7 Å². The van der Waals surface area contributed by atoms with Crippen molar-refractivity contribution < 1.29 is 9.53 Å². The number of carbonyl (C=O) groups is 1. The fourth-order valence-electron chi connectivity index (χ4n) is 1.83. The summed E-state index contributed by atoms with van der Waals surface area (Å²) in [6.45, 7) is 2.94. The molecule has 5 nitrogen and oxygen atoms in total. The average Bonchev–Trinajstić information content (AvgIpc) is 2.69. The third-order valence-corrected chi connectivity index (χ3v) is 2.67. The topological polar surface area (TPSA) is 76.7 Å². The highest BCUT2D eigenvalue weighted by atomic mass is 16.5. The van der Waals surface area contributed by atoms with E-state index in [0.29, 0.717) is 30.3 Å². The number of fused-ring (bicyclic) bond motifs is 1. The van der Waals surface area contributed by atoms with Crippen molar-refractivity contribution in [2.75, 3.05) is 13.7 Å². The number of rotatable bonds is 3. The normalized spacial score (nSPS) is 12.9. The summed E-state index contributed by atoms with van der Waals surface area (Å²) in [5.74, 6) is 0.875. The average molecular weight is 233 g/mol. The molecule has 1 aromatic carbocycles. The lowest BCUT2D eigenvalue weighted by Gasteiger charge is -2.11. The van der Waals surface area contributed by atoms with Gasteiger partial charge in [-0.15, -0.1) is 0 Å². The molecule has 0 aromatic heterocycles. The van der Waals surface area contributed by atoms with E-state index < -0.39 is 0 Å². The number of amides is 1. The smallest absolute Gasteiger partial charge is 0.254 e. The van der Waals surface area contributed by atoms with Gasteiger partial charge in [-0.25, -0.2) is 0 Å². The lowest BCUT2D eigenvalue weighted by atomic mass is 10.0. The largest absolute Gasteiger partial charge is 0.493 e. The van der Waals surface area contributed by atoms with E-state index in [2.05, 4.69) is 10.3 Å². The molecule has 0 bridgehead atoms. The van der Waals surface area contributed by atoms with Gasteiger partial charge in [-0.05, 0) is 24.6 Å². The van der Waals surface area contributed by atoms with Gasteiger partial charge in [-0.1, -0.05) is 0 Å². The number of benzene rings is 1. The summed E-state index contributed by atoms with van der Waals surface area (Å²) < 4.78 is 5.47. The molecule has 0 radical (unpaired) electrons. The molecule has 0 aliphatic carbocycles. The number of nitrogens with one attached hydrogen (secondary N) is 1. The van der Waals surface area contributed by atoms with Crippen molar-refractivity contribution in [2.45, 2.75) is 13.5 Å². The molecule has 0 spiro atoms. The highest BCUT2D eigenvalue weighted by Crippen LogP contribution is 2.27. The summed E-state index contributed by atoms with van der Waals surface area (Å²) in [6.07, 6.45) is 0. The van der Waals surface area contributed by atoms with Crippen molar-refractivity contribution in [3.8, 4) is 5.75 Å². The Kier molecular flexibility index (Phi) is 2.99. The number of ether oxygens (including phenoxy) is 1. The first kappa shape index (κ1) is 11.4. The third kappa shape index (κ3) is 1.95. The van der Waals surface area contributed by atoms with Crippen LogP contribution < -0.4 is 15.8 Å². The van der Waals surface area contributed by atoms with Gasteiger partial charge in [0, 0.05) is 12.6 Å². The lowest BCUT2D eigenvalue weighted by molar-refractivity contribution is 0.0959. The van der Waals surface area contributed by atoms with Crippen LogP contribution in [0.5, 0.6) is 5.75 Å². The number of hydrogen-bond donors (Lipinski definition) is 2. The van der Waals surface area contributed by atoms with Crippen LogP contribution in [-0.4, -0.2) is 25.4 Å². The Bertz CT molecular complexity index is 495. The first-order chi connectivity index (χ1) is 8.17. The molecule has 0 saturated carbocycles. The molecule has 2 rings (SSSR count). The second kappa shape index (κ2) is 4.45. The first-order valence-corrected chi connectivity index (χ1v) is 5.49. The predicted octanol–water partition coefficient (Wildman–Crippen LogP) is 0.664. The Hall–Kier alpha value is -2.04. The molecular weight excluding hydrogens is 218 g/mol. The molecule has 0 atom stereocenters. The van der Waals surface area contributed by atoms with Gasteiger partial charge in [0.1, 0.15) is 11.6 Å². The number of aliphatic imine (C=N–C) groups is 1. The van der Waals surface area contributed by atoms with E-state index in [4.69, 9.17) is 10.5 Å². The SMILES string of the molecule is CCOc1cc2c(cc1C(=O)NC)C(N)=NC2. The predicted molar refractivity (Wildman–Crippen MR) is 65.4 cm³/mol. The van der Waals surface area contributed by atoms with Crippen LogP contribution in [0.1, 0.15) is 28.4 Å². The maximum Gasteiger partial charge on any atom is 0.254 e. The Balaban J connectivity index is 2.51. The molecule has 0 fully saturated rings. The zero-order valence-corrected chi connectivity index (χ0v) is 9.91. The van der Waals surface area contributed by atoms with Crippen molar-refractivity contribution in [3.63, 3.8) is 0 Å². The van der Waals surface area contributed by atoms with E-state index in [0.717, 1.165) is 11.1 Å². The van der Waals surface area contributed by atoms with Crippen LogP contribution >= 0.6 is 0 Å². The summed E-state index contributed by atoms with van der Waals surface area (Å²) in [5, 5.41) is 2.59. The maximum atomic E-state index is 11.7. The van der Waals surface area contributed by atoms with Crippen molar-refractivity contribution in [1.29, 1.82) is 0 Å². The number of nitrogens with two attached hydrogens (primary N) is 1. The van der Waals surface area contributed by atoms with Crippen molar-refractivity contribution in [1.82, 2.24) is 5.32 Å². The number of nitrogens with zero attached hydrogens (tertiary/aromatic N) is 1. The number of amidine groups is 1. The minimum Gasteiger partial charge on any atom is -0.493 e. The summed E-state index contributed by atoms with van der Waals surface area (Å²) in [7, 11) is 1.59. The van der Waals surface area contributed by atoms with Gasteiger partial charge in [0.25, 0.3) is 5.91 Å². The lowest BCUT2D eigenvalue weighted by Crippen LogP contribution is -2.20. The summed E-state index contributed by atoms with van der Waals surface area (Å²) in [5.41, 5.74) is 8.08. The minimum atomic E-state index is -0.184. The molecule has 17 heavy (non-hydrogen) atoms. The highest BCUT2D eigenvalue weighted by molar-refractivity contribution is 6.05. The number of carbonyl (C=O) groups excluding carboxylic acids is 1. The van der Waals surface area contributed by atoms with Gasteiger partial charge in [-0.2, -0.15) is 0 Å².